The van der Waals surface area contributed by atoms with E-state index in [1.54, 1.807) is 12.1 Å². The molecule has 0 saturated carbocycles. The largest absolute Gasteiger partial charge is 0.710 e. The third-order valence-electron chi connectivity index (χ3n) is 1.59. The molecule has 72 valence electrons. The molecule has 4 heteroatoms. The summed E-state index contributed by atoms with van der Waals surface area (Å²) < 4.78 is 1.36. The first-order valence-electron chi connectivity index (χ1n) is 4.23. The van der Waals surface area contributed by atoms with Crippen molar-refractivity contribution in [1.82, 2.24) is 0 Å². The lowest BCUT2D eigenvalue weighted by molar-refractivity contribution is -0.602. The second kappa shape index (κ2) is 4.46. The maximum atomic E-state index is 11.4. The lowest BCUT2D eigenvalue weighted by Gasteiger charge is -2.10. The van der Waals surface area contributed by atoms with E-state index in [9.17, 15) is 5.21 Å². The summed E-state index contributed by atoms with van der Waals surface area (Å²) in [6.45, 7) is 5.00. The Morgan fingerprint density at radius 2 is 2.23 bits per heavy atom. The number of nitrogens with one attached hydrogen (secondary N) is 1. The molecule has 0 saturated heterocycles. The molecule has 0 fully saturated rings. The lowest BCUT2D eigenvalue weighted by atomic mass is 10.2. The first kappa shape index (κ1) is 10.3. The van der Waals surface area contributed by atoms with Crippen molar-refractivity contribution in [3.05, 3.63) is 28.0 Å². The van der Waals surface area contributed by atoms with Crippen molar-refractivity contribution in [3.63, 3.8) is 0 Å². The average Bonchev–Trinajstić information content (AvgIpc) is 2.07. The third kappa shape index (κ3) is 2.88. The number of pyridine rings is 1. The number of rotatable bonds is 3. The van der Waals surface area contributed by atoms with Crippen LogP contribution in [0.15, 0.2) is 22.8 Å². The van der Waals surface area contributed by atoms with Gasteiger partial charge in [0.25, 0.3) is 5.82 Å². The summed E-state index contributed by atoms with van der Waals surface area (Å²) in [6.07, 6.45) is 0. The van der Waals surface area contributed by atoms with Crippen LogP contribution in [0.25, 0.3) is 0 Å². The first-order chi connectivity index (χ1) is 6.11. The maximum absolute atomic E-state index is 11.4. The van der Waals surface area contributed by atoms with Crippen LogP contribution < -0.4 is 10.0 Å². The Morgan fingerprint density at radius 1 is 1.54 bits per heavy atom. The highest BCUT2D eigenvalue weighted by molar-refractivity contribution is 9.10. The summed E-state index contributed by atoms with van der Waals surface area (Å²) in [5.74, 6) is 1.11. The van der Waals surface area contributed by atoms with E-state index in [0.29, 0.717) is 16.3 Å². The van der Waals surface area contributed by atoms with Crippen molar-refractivity contribution in [3.8, 4) is 0 Å². The summed E-state index contributed by atoms with van der Waals surface area (Å²) >= 11 is 3.16. The normalized spacial score (nSPS) is 10.5. The van der Waals surface area contributed by atoms with Crippen LogP contribution in [0.2, 0.25) is 0 Å². The van der Waals surface area contributed by atoms with Crippen molar-refractivity contribution in [1.29, 1.82) is 0 Å². The molecular formula is C9H13BrN2O. The van der Waals surface area contributed by atoms with Crippen molar-refractivity contribution in [2.24, 2.45) is 5.92 Å². The van der Waals surface area contributed by atoms with Gasteiger partial charge in [-0.2, -0.15) is 0 Å². The monoisotopic (exact) mass is 244 g/mol. The van der Waals surface area contributed by atoms with Crippen molar-refractivity contribution < 1.29 is 4.73 Å². The summed E-state index contributed by atoms with van der Waals surface area (Å²) in [6, 6.07) is 5.31. The van der Waals surface area contributed by atoms with Gasteiger partial charge in [0.15, 0.2) is 4.60 Å². The minimum atomic E-state index is 0.527. The minimum Gasteiger partial charge on any atom is -0.710 e. The number of aromatic nitrogens is 1. The number of anilines is 1. The van der Waals surface area contributed by atoms with Gasteiger partial charge < -0.3 is 5.21 Å². The van der Waals surface area contributed by atoms with E-state index in [4.69, 9.17) is 0 Å². The Labute approximate surface area is 86.5 Å². The summed E-state index contributed by atoms with van der Waals surface area (Å²) in [7, 11) is 0. The van der Waals surface area contributed by atoms with Gasteiger partial charge in [-0.25, -0.2) is 4.73 Å². The molecule has 0 aliphatic rings. The third-order valence-corrected chi connectivity index (χ3v) is 2.18. The molecule has 0 atom stereocenters. The average molecular weight is 245 g/mol. The molecule has 0 spiro atoms. The summed E-state index contributed by atoms with van der Waals surface area (Å²) in [4.78, 5) is 0. The van der Waals surface area contributed by atoms with Gasteiger partial charge in [0.1, 0.15) is 0 Å². The Bertz CT molecular complexity index is 289. The number of hydrogen-bond acceptors (Lipinski definition) is 2. The van der Waals surface area contributed by atoms with Gasteiger partial charge >= 0.3 is 0 Å². The fraction of sp³-hybridized carbons (Fsp3) is 0.444. The topological polar surface area (TPSA) is 39.0 Å². The smallest absolute Gasteiger partial charge is 0.278 e. The number of halogens is 1. The second-order valence-electron chi connectivity index (χ2n) is 3.30. The van der Waals surface area contributed by atoms with E-state index in [-0.39, 0.29) is 0 Å². The van der Waals surface area contributed by atoms with Gasteiger partial charge in [0.2, 0.25) is 0 Å². The molecule has 1 aromatic rings. The molecular weight excluding hydrogens is 232 g/mol. The van der Waals surface area contributed by atoms with Gasteiger partial charge in [0, 0.05) is 6.07 Å². The molecule has 1 N–H and O–H groups in total. The Kier molecular flexibility index (Phi) is 3.54. The van der Waals surface area contributed by atoms with Crippen LogP contribution in [0.5, 0.6) is 0 Å². The Hall–Kier alpha value is -0.770. The van der Waals surface area contributed by atoms with Gasteiger partial charge in [-0.3, -0.25) is 5.32 Å². The fourth-order valence-corrected chi connectivity index (χ4v) is 1.25. The predicted molar refractivity (Wildman–Crippen MR) is 56.4 cm³/mol. The fourth-order valence-electron chi connectivity index (χ4n) is 0.909. The standard InChI is InChI=1S/C9H13BrN2O/c1-7(2)6-11-9-5-3-4-8(10)12(9)13/h3-5,7,11H,6H2,1-2H3. The molecule has 0 amide bonds. The zero-order valence-electron chi connectivity index (χ0n) is 7.75. The van der Waals surface area contributed by atoms with Crippen molar-refractivity contribution in [2.45, 2.75) is 13.8 Å². The molecule has 0 aromatic carbocycles. The van der Waals surface area contributed by atoms with Crippen LogP contribution in [-0.2, 0) is 0 Å². The molecule has 0 aliphatic carbocycles. The molecule has 0 radical (unpaired) electrons. The Balaban J connectivity index is 2.71. The van der Waals surface area contributed by atoms with E-state index in [1.807, 2.05) is 6.07 Å². The van der Waals surface area contributed by atoms with E-state index in [2.05, 4.69) is 35.1 Å². The highest BCUT2D eigenvalue weighted by Crippen LogP contribution is 2.07. The minimum absolute atomic E-state index is 0.527. The first-order valence-corrected chi connectivity index (χ1v) is 5.02. The van der Waals surface area contributed by atoms with E-state index >= 15 is 0 Å². The molecule has 1 rings (SSSR count). The van der Waals surface area contributed by atoms with E-state index < -0.39 is 0 Å². The summed E-state index contributed by atoms with van der Waals surface area (Å²) in [5, 5.41) is 14.5. The molecule has 1 heterocycles. The Morgan fingerprint density at radius 3 is 2.85 bits per heavy atom. The predicted octanol–water partition coefficient (Wildman–Crippen LogP) is 2.15. The van der Waals surface area contributed by atoms with Gasteiger partial charge in [-0.05, 0) is 34.0 Å². The van der Waals surface area contributed by atoms with Crippen LogP contribution in [0, 0.1) is 11.1 Å². The molecule has 1 aromatic heterocycles. The summed E-state index contributed by atoms with van der Waals surface area (Å²) in [5.41, 5.74) is 0. The van der Waals surface area contributed by atoms with Crippen LogP contribution >= 0.6 is 15.9 Å². The molecule has 0 aliphatic heterocycles. The zero-order chi connectivity index (χ0) is 9.84. The van der Waals surface area contributed by atoms with Gasteiger partial charge in [-0.15, -0.1) is 0 Å². The second-order valence-corrected chi connectivity index (χ2v) is 4.12. The molecule has 0 bridgehead atoms. The van der Waals surface area contributed by atoms with E-state index in [0.717, 1.165) is 11.3 Å². The van der Waals surface area contributed by atoms with Gasteiger partial charge in [0.05, 0.1) is 6.54 Å². The van der Waals surface area contributed by atoms with Crippen LogP contribution in [0.3, 0.4) is 0 Å². The lowest BCUT2D eigenvalue weighted by Crippen LogP contribution is -2.33. The SMILES string of the molecule is CC(C)CNc1cccc(Br)[n+]1[O-]. The quantitative estimate of drug-likeness (QED) is 0.503. The van der Waals surface area contributed by atoms with E-state index in [1.165, 1.54) is 0 Å². The van der Waals surface area contributed by atoms with Crippen molar-refractivity contribution in [2.75, 3.05) is 11.9 Å². The molecule has 13 heavy (non-hydrogen) atoms. The molecule has 0 unspecified atom stereocenters. The van der Waals surface area contributed by atoms with Crippen LogP contribution in [-0.4, -0.2) is 6.54 Å². The van der Waals surface area contributed by atoms with Crippen LogP contribution in [0.4, 0.5) is 5.82 Å². The van der Waals surface area contributed by atoms with Crippen molar-refractivity contribution >= 4 is 21.7 Å². The zero-order valence-corrected chi connectivity index (χ0v) is 9.34. The molecule has 3 nitrogen and oxygen atoms in total. The van der Waals surface area contributed by atoms with Gasteiger partial charge in [-0.1, -0.05) is 13.8 Å². The number of hydrogen-bond donors (Lipinski definition) is 1. The number of nitrogens with zero attached hydrogens (tertiary/aromatic N) is 1. The maximum Gasteiger partial charge on any atom is 0.278 e. The van der Waals surface area contributed by atoms with Crippen LogP contribution in [0.1, 0.15) is 13.8 Å². The highest BCUT2D eigenvalue weighted by atomic mass is 79.9. The highest BCUT2D eigenvalue weighted by Gasteiger charge is 2.05.